The Morgan fingerprint density at radius 3 is 2.58 bits per heavy atom. The predicted octanol–water partition coefficient (Wildman–Crippen LogP) is 2.09. The van der Waals surface area contributed by atoms with E-state index in [2.05, 4.69) is 10.1 Å². The maximum atomic E-state index is 14.0. The number of carbonyl (C=O) groups excluding carboxylic acids is 1. The molecule has 0 bridgehead atoms. The third kappa shape index (κ3) is 2.87. The first-order chi connectivity index (χ1) is 9.17. The first-order valence-electron chi connectivity index (χ1n) is 6.33. The molecule has 1 aromatic carbocycles. The number of benzene rings is 1. The fourth-order valence-electron chi connectivity index (χ4n) is 2.47. The highest BCUT2D eigenvalue weighted by Crippen LogP contribution is 2.32. The summed E-state index contributed by atoms with van der Waals surface area (Å²) in [4.78, 5) is 11.7. The topological polar surface area (TPSA) is 47.6 Å². The van der Waals surface area contributed by atoms with Gasteiger partial charge in [0.1, 0.15) is 5.56 Å². The quantitative estimate of drug-likeness (QED) is 0.852. The highest BCUT2D eigenvalue weighted by molar-refractivity contribution is 5.92. The number of nitrogens with one attached hydrogen (secondary N) is 1. The second kappa shape index (κ2) is 6.02. The normalized spacial score (nSPS) is 16.2. The van der Waals surface area contributed by atoms with Crippen molar-refractivity contribution in [1.82, 2.24) is 5.32 Å². The fourth-order valence-corrected chi connectivity index (χ4v) is 2.47. The van der Waals surface area contributed by atoms with Crippen molar-refractivity contribution in [3.63, 3.8) is 0 Å². The maximum absolute atomic E-state index is 14.0. The van der Waals surface area contributed by atoms with E-state index in [4.69, 9.17) is 4.74 Å². The Kier molecular flexibility index (Phi) is 4.37. The van der Waals surface area contributed by atoms with Crippen LogP contribution in [0.25, 0.3) is 0 Å². The molecule has 2 rings (SSSR count). The fraction of sp³-hybridized carbons (Fsp3) is 0.500. The molecule has 0 atom stereocenters. The SMILES string of the molecule is COC(=O)c1cc(C2CCNCC2)cc(F)c1OC. The Labute approximate surface area is 111 Å². The van der Waals surface area contributed by atoms with Crippen LogP contribution < -0.4 is 10.1 Å². The summed E-state index contributed by atoms with van der Waals surface area (Å²) in [6.07, 6.45) is 1.87. The summed E-state index contributed by atoms with van der Waals surface area (Å²) in [5.74, 6) is -0.875. The predicted molar refractivity (Wildman–Crippen MR) is 69.1 cm³/mol. The number of esters is 1. The van der Waals surface area contributed by atoms with E-state index in [0.29, 0.717) is 0 Å². The van der Waals surface area contributed by atoms with E-state index in [0.717, 1.165) is 31.5 Å². The number of ether oxygens (including phenoxy) is 2. The summed E-state index contributed by atoms with van der Waals surface area (Å²) in [5, 5.41) is 3.26. The molecule has 1 heterocycles. The molecular formula is C14H18FNO3. The lowest BCUT2D eigenvalue weighted by Gasteiger charge is -2.23. The summed E-state index contributed by atoms with van der Waals surface area (Å²) >= 11 is 0. The Bertz CT molecular complexity index is 470. The van der Waals surface area contributed by atoms with Gasteiger partial charge >= 0.3 is 5.97 Å². The van der Waals surface area contributed by atoms with Gasteiger partial charge in [-0.15, -0.1) is 0 Å². The van der Waals surface area contributed by atoms with Crippen molar-refractivity contribution in [2.24, 2.45) is 0 Å². The number of carbonyl (C=O) groups is 1. The van der Waals surface area contributed by atoms with Crippen LogP contribution in [0.5, 0.6) is 5.75 Å². The van der Waals surface area contributed by atoms with Crippen molar-refractivity contribution >= 4 is 5.97 Å². The van der Waals surface area contributed by atoms with E-state index < -0.39 is 11.8 Å². The first-order valence-corrected chi connectivity index (χ1v) is 6.33. The van der Waals surface area contributed by atoms with Gasteiger partial charge in [0.15, 0.2) is 11.6 Å². The Balaban J connectivity index is 2.40. The maximum Gasteiger partial charge on any atom is 0.341 e. The number of methoxy groups -OCH3 is 2. The van der Waals surface area contributed by atoms with E-state index in [1.807, 2.05) is 0 Å². The lowest BCUT2D eigenvalue weighted by Crippen LogP contribution is -2.26. The zero-order valence-corrected chi connectivity index (χ0v) is 11.2. The third-order valence-corrected chi connectivity index (χ3v) is 3.49. The van der Waals surface area contributed by atoms with Crippen LogP contribution in [0.1, 0.15) is 34.7 Å². The molecule has 0 saturated carbocycles. The molecule has 1 saturated heterocycles. The Hall–Kier alpha value is -1.62. The van der Waals surface area contributed by atoms with Crippen molar-refractivity contribution in [2.45, 2.75) is 18.8 Å². The van der Waals surface area contributed by atoms with E-state index in [1.54, 1.807) is 6.07 Å². The Morgan fingerprint density at radius 1 is 1.32 bits per heavy atom. The number of piperidine rings is 1. The van der Waals surface area contributed by atoms with Gasteiger partial charge in [-0.1, -0.05) is 0 Å². The van der Waals surface area contributed by atoms with Gasteiger partial charge in [0.25, 0.3) is 0 Å². The molecular weight excluding hydrogens is 249 g/mol. The van der Waals surface area contributed by atoms with Gasteiger partial charge in [-0.3, -0.25) is 0 Å². The summed E-state index contributed by atoms with van der Waals surface area (Å²) in [6, 6.07) is 3.14. The van der Waals surface area contributed by atoms with E-state index in [-0.39, 0.29) is 17.2 Å². The number of halogens is 1. The van der Waals surface area contributed by atoms with Crippen molar-refractivity contribution in [2.75, 3.05) is 27.3 Å². The molecule has 0 amide bonds. The Morgan fingerprint density at radius 2 is 2.00 bits per heavy atom. The van der Waals surface area contributed by atoms with Gasteiger partial charge < -0.3 is 14.8 Å². The third-order valence-electron chi connectivity index (χ3n) is 3.49. The zero-order chi connectivity index (χ0) is 13.8. The van der Waals surface area contributed by atoms with Crippen molar-refractivity contribution in [3.05, 3.63) is 29.1 Å². The summed E-state index contributed by atoms with van der Waals surface area (Å²) in [7, 11) is 2.62. The minimum Gasteiger partial charge on any atom is -0.493 e. The molecule has 4 nitrogen and oxygen atoms in total. The van der Waals surface area contributed by atoms with Gasteiger partial charge in [-0.2, -0.15) is 0 Å². The van der Waals surface area contributed by atoms with Crippen LogP contribution in [0.3, 0.4) is 0 Å². The molecule has 1 aliphatic rings. The average molecular weight is 267 g/mol. The molecule has 1 aromatic rings. The first kappa shape index (κ1) is 13.8. The molecule has 1 fully saturated rings. The van der Waals surface area contributed by atoms with Crippen molar-refractivity contribution < 1.29 is 18.7 Å². The van der Waals surface area contributed by atoms with Crippen molar-refractivity contribution in [3.8, 4) is 5.75 Å². The van der Waals surface area contributed by atoms with Gasteiger partial charge in [-0.05, 0) is 49.5 Å². The molecule has 0 aromatic heterocycles. The highest BCUT2D eigenvalue weighted by Gasteiger charge is 2.23. The monoisotopic (exact) mass is 267 g/mol. The number of hydrogen-bond acceptors (Lipinski definition) is 4. The van der Waals surface area contributed by atoms with Crippen LogP contribution >= 0.6 is 0 Å². The summed E-state index contributed by atoms with van der Waals surface area (Å²) in [6.45, 7) is 1.82. The summed E-state index contributed by atoms with van der Waals surface area (Å²) in [5.41, 5.74) is 0.985. The minimum atomic E-state index is -0.577. The molecule has 0 radical (unpaired) electrons. The lowest BCUT2D eigenvalue weighted by molar-refractivity contribution is 0.0596. The molecule has 0 aliphatic carbocycles. The lowest BCUT2D eigenvalue weighted by atomic mass is 9.89. The molecule has 19 heavy (non-hydrogen) atoms. The number of rotatable bonds is 3. The molecule has 0 unspecified atom stereocenters. The van der Waals surface area contributed by atoms with Crippen LogP contribution in [0.4, 0.5) is 4.39 Å². The second-order valence-electron chi connectivity index (χ2n) is 4.60. The summed E-state index contributed by atoms with van der Waals surface area (Å²) < 4.78 is 23.6. The molecule has 104 valence electrons. The van der Waals surface area contributed by atoms with Gasteiger partial charge in [0.2, 0.25) is 0 Å². The van der Waals surface area contributed by atoms with Crippen LogP contribution in [0, 0.1) is 5.82 Å². The van der Waals surface area contributed by atoms with Crippen LogP contribution in [-0.2, 0) is 4.74 Å². The highest BCUT2D eigenvalue weighted by atomic mass is 19.1. The van der Waals surface area contributed by atoms with Gasteiger partial charge in [0, 0.05) is 0 Å². The van der Waals surface area contributed by atoms with Crippen molar-refractivity contribution in [1.29, 1.82) is 0 Å². The van der Waals surface area contributed by atoms with E-state index >= 15 is 0 Å². The molecule has 1 N–H and O–H groups in total. The van der Waals surface area contributed by atoms with Crippen LogP contribution in [0.15, 0.2) is 12.1 Å². The van der Waals surface area contributed by atoms with Gasteiger partial charge in [0.05, 0.1) is 14.2 Å². The van der Waals surface area contributed by atoms with Crippen LogP contribution in [-0.4, -0.2) is 33.3 Å². The second-order valence-corrected chi connectivity index (χ2v) is 4.60. The van der Waals surface area contributed by atoms with Crippen LogP contribution in [0.2, 0.25) is 0 Å². The zero-order valence-electron chi connectivity index (χ0n) is 11.2. The smallest absolute Gasteiger partial charge is 0.341 e. The van der Waals surface area contributed by atoms with E-state index in [1.165, 1.54) is 20.3 Å². The average Bonchev–Trinajstić information content (AvgIpc) is 2.46. The number of hydrogen-bond donors (Lipinski definition) is 1. The van der Waals surface area contributed by atoms with E-state index in [9.17, 15) is 9.18 Å². The molecule has 1 aliphatic heterocycles. The standard InChI is InChI=1S/C14H18FNO3/c1-18-13-11(14(17)19-2)7-10(8-12(13)15)9-3-5-16-6-4-9/h7-9,16H,3-6H2,1-2H3. The largest absolute Gasteiger partial charge is 0.493 e. The molecule has 5 heteroatoms. The minimum absolute atomic E-state index is 0.0514. The van der Waals surface area contributed by atoms with Gasteiger partial charge in [-0.25, -0.2) is 9.18 Å². The molecule has 0 spiro atoms.